The molecule has 0 spiro atoms. The van der Waals surface area contributed by atoms with Crippen LogP contribution in [0, 0.1) is 0 Å². The van der Waals surface area contributed by atoms with E-state index in [9.17, 15) is 14.4 Å². The van der Waals surface area contributed by atoms with E-state index in [1.807, 2.05) is 0 Å². The third-order valence-electron chi connectivity index (χ3n) is 2.27. The third kappa shape index (κ3) is 5.89. The Kier molecular flexibility index (Phi) is 6.93. The predicted octanol–water partition coefficient (Wildman–Crippen LogP) is -0.124. The first-order valence-corrected chi connectivity index (χ1v) is 5.57. The maximum absolute atomic E-state index is 11.8. The van der Waals surface area contributed by atoms with Gasteiger partial charge in [0.15, 0.2) is 0 Å². The summed E-state index contributed by atoms with van der Waals surface area (Å²) < 4.78 is 4.76. The minimum absolute atomic E-state index is 0.0252. The van der Waals surface area contributed by atoms with Crippen LogP contribution in [0.4, 0.5) is 0 Å². The Morgan fingerprint density at radius 2 is 1.71 bits per heavy atom. The van der Waals surface area contributed by atoms with Gasteiger partial charge in [-0.3, -0.25) is 14.4 Å². The summed E-state index contributed by atoms with van der Waals surface area (Å²) in [5.74, 6) is -0.892. The van der Waals surface area contributed by atoms with Gasteiger partial charge in [0, 0.05) is 20.5 Å². The first-order valence-electron chi connectivity index (χ1n) is 5.57. The Labute approximate surface area is 102 Å². The molecule has 0 atom stereocenters. The van der Waals surface area contributed by atoms with E-state index in [-0.39, 0.29) is 31.5 Å². The van der Waals surface area contributed by atoms with Crippen LogP contribution in [0.25, 0.3) is 0 Å². The van der Waals surface area contributed by atoms with Crippen molar-refractivity contribution in [1.29, 1.82) is 0 Å². The van der Waals surface area contributed by atoms with Gasteiger partial charge in [-0.2, -0.15) is 0 Å². The van der Waals surface area contributed by atoms with Gasteiger partial charge in [0.05, 0.1) is 13.2 Å². The van der Waals surface area contributed by atoms with Crippen LogP contribution in [0.15, 0.2) is 0 Å². The summed E-state index contributed by atoms with van der Waals surface area (Å²) in [7, 11) is 1.54. The van der Waals surface area contributed by atoms with Crippen molar-refractivity contribution in [2.45, 2.75) is 20.8 Å². The van der Waals surface area contributed by atoms with Crippen LogP contribution in [0.3, 0.4) is 0 Å². The summed E-state index contributed by atoms with van der Waals surface area (Å²) in [6.45, 7) is 5.46. The van der Waals surface area contributed by atoms with Crippen molar-refractivity contribution >= 4 is 17.8 Å². The smallest absolute Gasteiger partial charge is 0.325 e. The van der Waals surface area contributed by atoms with Crippen LogP contribution in [0.5, 0.6) is 0 Å². The summed E-state index contributed by atoms with van der Waals surface area (Å²) >= 11 is 0. The summed E-state index contributed by atoms with van der Waals surface area (Å²) in [6, 6.07) is 0. The largest absolute Gasteiger partial charge is 0.465 e. The maximum Gasteiger partial charge on any atom is 0.325 e. The molecule has 0 aliphatic rings. The van der Waals surface area contributed by atoms with Crippen LogP contribution in [0.1, 0.15) is 20.8 Å². The highest BCUT2D eigenvalue weighted by atomic mass is 16.5. The zero-order chi connectivity index (χ0) is 13.4. The van der Waals surface area contributed by atoms with Crippen LogP contribution >= 0.6 is 0 Å². The Morgan fingerprint density at radius 3 is 2.12 bits per heavy atom. The lowest BCUT2D eigenvalue weighted by molar-refractivity contribution is -0.149. The summed E-state index contributed by atoms with van der Waals surface area (Å²) in [6.07, 6.45) is 0. The zero-order valence-electron chi connectivity index (χ0n) is 10.9. The summed E-state index contributed by atoms with van der Waals surface area (Å²) in [5, 5.41) is 0. The third-order valence-corrected chi connectivity index (χ3v) is 2.27. The number of hydrogen-bond acceptors (Lipinski definition) is 4. The van der Waals surface area contributed by atoms with Gasteiger partial charge in [0.1, 0.15) is 6.54 Å². The van der Waals surface area contributed by atoms with E-state index in [0.717, 1.165) is 0 Å². The van der Waals surface area contributed by atoms with E-state index in [2.05, 4.69) is 0 Å². The molecule has 0 heterocycles. The molecule has 0 bridgehead atoms. The second kappa shape index (κ2) is 7.65. The molecule has 0 radical (unpaired) electrons. The van der Waals surface area contributed by atoms with Crippen molar-refractivity contribution in [3.8, 4) is 0 Å². The average Bonchev–Trinajstić information content (AvgIpc) is 2.25. The SMILES string of the molecule is CCOC(=O)CN(CC)C(=O)CN(C)C(C)=O. The number of esters is 1. The molecule has 0 aromatic carbocycles. The lowest BCUT2D eigenvalue weighted by Gasteiger charge is -2.22. The van der Waals surface area contributed by atoms with E-state index in [1.54, 1.807) is 20.9 Å². The van der Waals surface area contributed by atoms with Crippen molar-refractivity contribution in [3.63, 3.8) is 0 Å². The van der Waals surface area contributed by atoms with E-state index < -0.39 is 5.97 Å². The molecule has 0 saturated heterocycles. The normalized spacial score (nSPS) is 9.65. The van der Waals surface area contributed by atoms with Gasteiger partial charge in [-0.25, -0.2) is 0 Å². The van der Waals surface area contributed by atoms with Gasteiger partial charge < -0.3 is 14.5 Å². The van der Waals surface area contributed by atoms with Gasteiger partial charge >= 0.3 is 5.97 Å². The fourth-order valence-electron chi connectivity index (χ4n) is 1.15. The number of likely N-dealkylation sites (N-methyl/N-ethyl adjacent to an activating group) is 2. The Bertz CT molecular complexity index is 291. The van der Waals surface area contributed by atoms with E-state index >= 15 is 0 Å². The number of carbonyl (C=O) groups excluding carboxylic acids is 3. The lowest BCUT2D eigenvalue weighted by Crippen LogP contribution is -2.43. The molecule has 17 heavy (non-hydrogen) atoms. The van der Waals surface area contributed by atoms with Gasteiger partial charge in [0.2, 0.25) is 11.8 Å². The highest BCUT2D eigenvalue weighted by molar-refractivity contribution is 5.86. The minimum atomic E-state index is -0.437. The van der Waals surface area contributed by atoms with Crippen LogP contribution in [0.2, 0.25) is 0 Å². The van der Waals surface area contributed by atoms with Crippen molar-refractivity contribution in [2.75, 3.05) is 33.3 Å². The maximum atomic E-state index is 11.8. The molecule has 0 aromatic rings. The molecule has 0 unspecified atom stereocenters. The van der Waals surface area contributed by atoms with Crippen LogP contribution in [-0.2, 0) is 19.1 Å². The van der Waals surface area contributed by atoms with Crippen molar-refractivity contribution in [1.82, 2.24) is 9.80 Å². The number of nitrogens with zero attached hydrogens (tertiary/aromatic N) is 2. The van der Waals surface area contributed by atoms with E-state index in [1.165, 1.54) is 16.7 Å². The van der Waals surface area contributed by atoms with Gasteiger partial charge in [-0.1, -0.05) is 0 Å². The van der Waals surface area contributed by atoms with Gasteiger partial charge in [-0.15, -0.1) is 0 Å². The number of carbonyl (C=O) groups is 3. The molecule has 98 valence electrons. The van der Waals surface area contributed by atoms with E-state index in [4.69, 9.17) is 4.74 Å². The predicted molar refractivity (Wildman–Crippen MR) is 62.2 cm³/mol. The molecule has 0 aromatic heterocycles. The molecule has 0 saturated carbocycles. The molecule has 0 aliphatic carbocycles. The number of hydrogen-bond donors (Lipinski definition) is 0. The molecule has 0 aliphatic heterocycles. The first kappa shape index (κ1) is 15.4. The highest BCUT2D eigenvalue weighted by Crippen LogP contribution is 1.94. The second-order valence-electron chi connectivity index (χ2n) is 3.59. The number of amides is 2. The zero-order valence-corrected chi connectivity index (χ0v) is 10.9. The summed E-state index contributed by atoms with van der Waals surface area (Å²) in [4.78, 5) is 36.6. The van der Waals surface area contributed by atoms with Gasteiger partial charge in [-0.05, 0) is 13.8 Å². The Morgan fingerprint density at radius 1 is 1.12 bits per heavy atom. The van der Waals surface area contributed by atoms with E-state index in [0.29, 0.717) is 6.54 Å². The fraction of sp³-hybridized carbons (Fsp3) is 0.727. The number of rotatable bonds is 6. The molecule has 6 nitrogen and oxygen atoms in total. The molecular formula is C11H20N2O4. The topological polar surface area (TPSA) is 66.9 Å². The fourth-order valence-corrected chi connectivity index (χ4v) is 1.15. The van der Waals surface area contributed by atoms with Crippen LogP contribution in [-0.4, -0.2) is 60.9 Å². The minimum Gasteiger partial charge on any atom is -0.465 e. The average molecular weight is 244 g/mol. The quantitative estimate of drug-likeness (QED) is 0.611. The second-order valence-corrected chi connectivity index (χ2v) is 3.59. The summed E-state index contributed by atoms with van der Waals surface area (Å²) in [5.41, 5.74) is 0. The van der Waals surface area contributed by atoms with Crippen LogP contribution < -0.4 is 0 Å². The van der Waals surface area contributed by atoms with Gasteiger partial charge in [0.25, 0.3) is 0 Å². The molecule has 0 fully saturated rings. The van der Waals surface area contributed by atoms with Crippen molar-refractivity contribution < 1.29 is 19.1 Å². The molecule has 0 rings (SSSR count). The highest BCUT2D eigenvalue weighted by Gasteiger charge is 2.18. The molecule has 0 N–H and O–H groups in total. The molecule has 2 amide bonds. The standard InChI is InChI=1S/C11H20N2O4/c1-5-13(8-11(16)17-6-2)10(15)7-12(4)9(3)14/h5-8H2,1-4H3. The molecular weight excluding hydrogens is 224 g/mol. The van der Waals surface area contributed by atoms with Crippen molar-refractivity contribution in [3.05, 3.63) is 0 Å². The Hall–Kier alpha value is -1.59. The Balaban J connectivity index is 4.30. The number of ether oxygens (including phenoxy) is 1. The molecule has 6 heteroatoms. The first-order chi connectivity index (χ1) is 7.92. The van der Waals surface area contributed by atoms with Crippen molar-refractivity contribution in [2.24, 2.45) is 0 Å². The monoisotopic (exact) mass is 244 g/mol. The lowest BCUT2D eigenvalue weighted by atomic mass is 10.4.